The van der Waals surface area contributed by atoms with E-state index in [1.54, 1.807) is 0 Å². The van der Waals surface area contributed by atoms with Gasteiger partial charge in [0.15, 0.2) is 0 Å². The van der Waals surface area contributed by atoms with Gasteiger partial charge in [0.1, 0.15) is 16.7 Å². The maximum Gasteiger partial charge on any atom is 0.326 e. The Morgan fingerprint density at radius 1 is 1.31 bits per heavy atom. The molecule has 0 spiro atoms. The fourth-order valence-corrected chi connectivity index (χ4v) is 4.07. The van der Waals surface area contributed by atoms with Crippen LogP contribution in [0.15, 0.2) is 23.1 Å². The Hall–Kier alpha value is -2.17. The average Bonchev–Trinajstić information content (AvgIpc) is 2.66. The molecule has 10 heteroatoms. The first-order valence-electron chi connectivity index (χ1n) is 7.96. The summed E-state index contributed by atoms with van der Waals surface area (Å²) in [5.41, 5.74) is 0.0632. The molecule has 1 unspecified atom stereocenters. The molecule has 1 aromatic rings. The zero-order valence-corrected chi connectivity index (χ0v) is 15.7. The highest BCUT2D eigenvalue weighted by Crippen LogP contribution is 2.29. The van der Waals surface area contributed by atoms with E-state index in [-0.39, 0.29) is 29.3 Å². The molecular weight excluding hydrogens is 364 g/mol. The van der Waals surface area contributed by atoms with Crippen LogP contribution in [0, 0.1) is 0 Å². The summed E-state index contributed by atoms with van der Waals surface area (Å²) in [5, 5.41) is 9.06. The number of hydrogen-bond donors (Lipinski definition) is 1. The molecule has 0 saturated carbocycles. The van der Waals surface area contributed by atoms with Gasteiger partial charge in [-0.3, -0.25) is 4.79 Å². The van der Waals surface area contributed by atoms with Crippen molar-refractivity contribution in [2.45, 2.75) is 17.9 Å². The molecule has 0 radical (unpaired) electrons. The van der Waals surface area contributed by atoms with Gasteiger partial charge in [-0.15, -0.1) is 0 Å². The van der Waals surface area contributed by atoms with E-state index in [1.807, 2.05) is 0 Å². The first-order chi connectivity index (χ1) is 12.2. The minimum atomic E-state index is -3.88. The van der Waals surface area contributed by atoms with Crippen LogP contribution in [-0.2, 0) is 19.6 Å². The monoisotopic (exact) mass is 386 g/mol. The van der Waals surface area contributed by atoms with Crippen LogP contribution in [0.2, 0.25) is 0 Å². The lowest BCUT2D eigenvalue weighted by atomic mass is 10.1. The fourth-order valence-electron chi connectivity index (χ4n) is 2.48. The highest BCUT2D eigenvalue weighted by atomic mass is 32.2. The Morgan fingerprint density at radius 2 is 1.92 bits per heavy atom. The fraction of sp³-hybridized carbons (Fsp3) is 0.500. The molecule has 0 bridgehead atoms. The lowest BCUT2D eigenvalue weighted by Crippen LogP contribution is -2.41. The maximum absolute atomic E-state index is 12.9. The largest absolute Gasteiger partial charge is 0.495 e. The van der Waals surface area contributed by atoms with E-state index in [2.05, 4.69) is 0 Å². The summed E-state index contributed by atoms with van der Waals surface area (Å²) in [5.74, 6) is -1.64. The molecule has 1 aliphatic heterocycles. The van der Waals surface area contributed by atoms with Crippen molar-refractivity contribution in [3.8, 4) is 5.75 Å². The molecular formula is C16H22N2O7S. The van der Waals surface area contributed by atoms with Gasteiger partial charge < -0.3 is 19.5 Å². The number of carbonyl (C=O) groups is 2. The van der Waals surface area contributed by atoms with Gasteiger partial charge in [-0.05, 0) is 25.1 Å². The van der Waals surface area contributed by atoms with E-state index in [4.69, 9.17) is 14.6 Å². The van der Waals surface area contributed by atoms with Gasteiger partial charge in [0.05, 0.1) is 20.3 Å². The third kappa shape index (κ3) is 3.97. The average molecular weight is 386 g/mol. The van der Waals surface area contributed by atoms with Crippen LogP contribution >= 0.6 is 0 Å². The van der Waals surface area contributed by atoms with Gasteiger partial charge in [-0.2, -0.15) is 4.31 Å². The Labute approximate surface area is 152 Å². The number of aliphatic carboxylic acids is 1. The Bertz CT molecular complexity index is 788. The van der Waals surface area contributed by atoms with Crippen molar-refractivity contribution in [2.75, 3.05) is 40.5 Å². The number of carboxylic acids is 1. The summed E-state index contributed by atoms with van der Waals surface area (Å²) >= 11 is 0. The van der Waals surface area contributed by atoms with Crippen LogP contribution in [0.5, 0.6) is 5.75 Å². The van der Waals surface area contributed by atoms with Crippen molar-refractivity contribution in [1.29, 1.82) is 0 Å². The van der Waals surface area contributed by atoms with Crippen LogP contribution in [-0.4, -0.2) is 81.1 Å². The Balaban J connectivity index is 2.42. The third-order valence-corrected chi connectivity index (χ3v) is 6.18. The van der Waals surface area contributed by atoms with Crippen molar-refractivity contribution in [1.82, 2.24) is 9.21 Å². The first kappa shape index (κ1) is 20.1. The van der Waals surface area contributed by atoms with Gasteiger partial charge in [0.25, 0.3) is 5.91 Å². The van der Waals surface area contributed by atoms with Gasteiger partial charge in [0, 0.05) is 25.7 Å². The number of morpholine rings is 1. The molecule has 1 atom stereocenters. The van der Waals surface area contributed by atoms with Crippen LogP contribution < -0.4 is 4.74 Å². The van der Waals surface area contributed by atoms with Crippen molar-refractivity contribution in [3.05, 3.63) is 23.8 Å². The minimum Gasteiger partial charge on any atom is -0.495 e. The molecule has 1 aromatic carbocycles. The molecule has 1 aliphatic rings. The highest BCUT2D eigenvalue weighted by Gasteiger charge is 2.31. The number of sulfonamides is 1. The van der Waals surface area contributed by atoms with E-state index in [0.717, 1.165) is 4.90 Å². The summed E-state index contributed by atoms with van der Waals surface area (Å²) in [7, 11) is -1.19. The van der Waals surface area contributed by atoms with Gasteiger partial charge in [0.2, 0.25) is 10.0 Å². The number of amides is 1. The van der Waals surface area contributed by atoms with Crippen LogP contribution in [0.1, 0.15) is 17.3 Å². The summed E-state index contributed by atoms with van der Waals surface area (Å²) < 4.78 is 37.4. The summed E-state index contributed by atoms with van der Waals surface area (Å²) in [4.78, 5) is 24.5. The summed E-state index contributed by atoms with van der Waals surface area (Å²) in [6, 6.07) is 2.96. The zero-order valence-electron chi connectivity index (χ0n) is 14.8. The molecule has 1 fully saturated rings. The molecule has 9 nitrogen and oxygen atoms in total. The van der Waals surface area contributed by atoms with Crippen LogP contribution in [0.25, 0.3) is 0 Å². The molecule has 1 heterocycles. The van der Waals surface area contributed by atoms with E-state index in [9.17, 15) is 18.0 Å². The standard InChI is InChI=1S/C16H22N2O7S/c1-11(16(20)21)17(2)15(19)12-4-5-13(24-3)14(10-12)26(22,23)18-6-8-25-9-7-18/h4-5,10-11H,6-9H2,1-3H3,(H,20,21). The lowest BCUT2D eigenvalue weighted by molar-refractivity contribution is -0.141. The Kier molecular flexibility index (Phi) is 6.21. The zero-order chi connectivity index (χ0) is 19.5. The van der Waals surface area contributed by atoms with E-state index in [1.165, 1.54) is 43.6 Å². The van der Waals surface area contributed by atoms with Gasteiger partial charge in [-0.1, -0.05) is 0 Å². The van der Waals surface area contributed by atoms with Crippen LogP contribution in [0.3, 0.4) is 0 Å². The quantitative estimate of drug-likeness (QED) is 0.746. The smallest absolute Gasteiger partial charge is 0.326 e. The number of hydrogen-bond acceptors (Lipinski definition) is 6. The van der Waals surface area contributed by atoms with E-state index < -0.39 is 27.9 Å². The second-order valence-electron chi connectivity index (χ2n) is 5.81. The highest BCUT2D eigenvalue weighted by molar-refractivity contribution is 7.89. The molecule has 1 saturated heterocycles. The van der Waals surface area contributed by atoms with E-state index >= 15 is 0 Å². The summed E-state index contributed by atoms with van der Waals surface area (Å²) in [6.45, 7) is 2.37. The van der Waals surface area contributed by atoms with Crippen molar-refractivity contribution < 1.29 is 32.6 Å². The molecule has 0 aromatic heterocycles. The van der Waals surface area contributed by atoms with Crippen LogP contribution in [0.4, 0.5) is 0 Å². The minimum absolute atomic E-state index is 0.0632. The van der Waals surface area contributed by atoms with Crippen molar-refractivity contribution in [2.24, 2.45) is 0 Å². The molecule has 26 heavy (non-hydrogen) atoms. The maximum atomic E-state index is 12.9. The number of carboxylic acid groups (broad SMARTS) is 1. The number of likely N-dealkylation sites (N-methyl/N-ethyl adjacent to an activating group) is 1. The number of nitrogens with zero attached hydrogens (tertiary/aromatic N) is 2. The topological polar surface area (TPSA) is 113 Å². The predicted octanol–water partition coefficient (Wildman–Crippen LogP) is 0.261. The number of methoxy groups -OCH3 is 1. The number of benzene rings is 1. The van der Waals surface area contributed by atoms with Gasteiger partial charge >= 0.3 is 5.97 Å². The molecule has 1 amide bonds. The van der Waals surface area contributed by atoms with Crippen molar-refractivity contribution in [3.63, 3.8) is 0 Å². The second-order valence-corrected chi connectivity index (χ2v) is 7.72. The number of rotatable bonds is 6. The van der Waals surface area contributed by atoms with Crippen molar-refractivity contribution >= 4 is 21.9 Å². The molecule has 144 valence electrons. The Morgan fingerprint density at radius 3 is 2.46 bits per heavy atom. The SMILES string of the molecule is COc1ccc(C(=O)N(C)C(C)C(=O)O)cc1S(=O)(=O)N1CCOCC1. The molecule has 1 N–H and O–H groups in total. The van der Waals surface area contributed by atoms with E-state index in [0.29, 0.717) is 13.2 Å². The number of ether oxygens (including phenoxy) is 2. The molecule has 0 aliphatic carbocycles. The molecule has 2 rings (SSSR count). The number of carbonyl (C=O) groups excluding carboxylic acids is 1. The third-order valence-electron chi connectivity index (χ3n) is 4.26. The summed E-state index contributed by atoms with van der Waals surface area (Å²) in [6.07, 6.45) is 0. The lowest BCUT2D eigenvalue weighted by Gasteiger charge is -2.27. The normalized spacial score (nSPS) is 16.7. The van der Waals surface area contributed by atoms with Gasteiger partial charge in [-0.25, -0.2) is 13.2 Å². The first-order valence-corrected chi connectivity index (χ1v) is 9.40. The second kappa shape index (κ2) is 8.02. The predicted molar refractivity (Wildman–Crippen MR) is 91.8 cm³/mol.